The van der Waals surface area contributed by atoms with Gasteiger partial charge < -0.3 is 9.73 Å². The van der Waals surface area contributed by atoms with E-state index in [2.05, 4.69) is 57.3 Å². The number of hydrogen-bond donors (Lipinski definition) is 1. The number of nitrogens with one attached hydrogen (secondary N) is 1. The average Bonchev–Trinajstić information content (AvgIpc) is 2.92. The third kappa shape index (κ3) is 3.48. The molecule has 0 aliphatic rings. The fraction of sp³-hybridized carbons (Fsp3) is 0.412. The zero-order chi connectivity index (χ0) is 13.8. The summed E-state index contributed by atoms with van der Waals surface area (Å²) >= 11 is 0. The van der Waals surface area contributed by atoms with Crippen molar-refractivity contribution in [3.8, 4) is 0 Å². The van der Waals surface area contributed by atoms with Crippen LogP contribution >= 0.6 is 0 Å². The summed E-state index contributed by atoms with van der Waals surface area (Å²) in [4.78, 5) is 0. The van der Waals surface area contributed by atoms with Crippen LogP contribution in [0, 0.1) is 0 Å². The Kier molecular flexibility index (Phi) is 4.43. The average molecular weight is 257 g/mol. The Morgan fingerprint density at radius 1 is 0.842 bits per heavy atom. The first kappa shape index (κ1) is 13.9. The van der Waals surface area contributed by atoms with Crippen LogP contribution in [0.15, 0.2) is 47.1 Å². The Morgan fingerprint density at radius 2 is 1.47 bits per heavy atom. The highest BCUT2D eigenvalue weighted by Gasteiger charge is 2.13. The van der Waals surface area contributed by atoms with Crippen molar-refractivity contribution in [2.45, 2.75) is 45.7 Å². The standard InChI is InChI=1S/C17H23NO/c1-12(2)15-7-9-16(10-8-15)13(3)18-14(4)17-6-5-11-19-17/h5-14,18H,1-4H3. The second kappa shape index (κ2) is 6.07. The molecule has 0 saturated heterocycles. The van der Waals surface area contributed by atoms with Crippen LogP contribution in [0.25, 0.3) is 0 Å². The molecule has 1 heterocycles. The molecular formula is C17H23NO. The molecule has 0 amide bonds. The van der Waals surface area contributed by atoms with E-state index in [-0.39, 0.29) is 6.04 Å². The molecule has 19 heavy (non-hydrogen) atoms. The lowest BCUT2D eigenvalue weighted by atomic mass is 9.99. The van der Waals surface area contributed by atoms with Crippen molar-refractivity contribution in [2.75, 3.05) is 0 Å². The zero-order valence-electron chi connectivity index (χ0n) is 12.2. The fourth-order valence-electron chi connectivity index (χ4n) is 2.26. The molecule has 0 bridgehead atoms. The van der Waals surface area contributed by atoms with Gasteiger partial charge in [-0.25, -0.2) is 0 Å². The van der Waals surface area contributed by atoms with Gasteiger partial charge in [0.05, 0.1) is 12.3 Å². The van der Waals surface area contributed by atoms with Crippen molar-refractivity contribution < 1.29 is 4.42 Å². The lowest BCUT2D eigenvalue weighted by Gasteiger charge is -2.19. The molecule has 2 heteroatoms. The van der Waals surface area contributed by atoms with Gasteiger partial charge >= 0.3 is 0 Å². The van der Waals surface area contributed by atoms with Gasteiger partial charge in [-0.15, -0.1) is 0 Å². The molecule has 1 aromatic carbocycles. The van der Waals surface area contributed by atoms with Crippen molar-refractivity contribution in [2.24, 2.45) is 0 Å². The van der Waals surface area contributed by atoms with Crippen molar-refractivity contribution >= 4 is 0 Å². The number of benzene rings is 1. The van der Waals surface area contributed by atoms with Crippen LogP contribution in [-0.2, 0) is 0 Å². The Bertz CT molecular complexity index is 484. The summed E-state index contributed by atoms with van der Waals surface area (Å²) in [6.45, 7) is 8.74. The summed E-state index contributed by atoms with van der Waals surface area (Å²) < 4.78 is 5.42. The van der Waals surface area contributed by atoms with E-state index < -0.39 is 0 Å². The van der Waals surface area contributed by atoms with Crippen LogP contribution in [0.5, 0.6) is 0 Å². The number of rotatable bonds is 5. The molecule has 1 aromatic heterocycles. The fourth-order valence-corrected chi connectivity index (χ4v) is 2.26. The molecule has 0 aliphatic heterocycles. The Morgan fingerprint density at radius 3 is 2.00 bits per heavy atom. The van der Waals surface area contributed by atoms with Gasteiger partial charge in [0.2, 0.25) is 0 Å². The van der Waals surface area contributed by atoms with Crippen molar-refractivity contribution in [1.29, 1.82) is 0 Å². The minimum Gasteiger partial charge on any atom is -0.468 e. The molecule has 0 spiro atoms. The molecule has 1 N–H and O–H groups in total. The minimum absolute atomic E-state index is 0.217. The van der Waals surface area contributed by atoms with E-state index in [9.17, 15) is 0 Å². The maximum Gasteiger partial charge on any atom is 0.120 e. The van der Waals surface area contributed by atoms with E-state index in [0.717, 1.165) is 5.76 Å². The number of furan rings is 1. The summed E-state index contributed by atoms with van der Waals surface area (Å²) in [6.07, 6.45) is 1.72. The molecule has 2 unspecified atom stereocenters. The largest absolute Gasteiger partial charge is 0.468 e. The van der Waals surface area contributed by atoms with E-state index in [1.807, 2.05) is 12.1 Å². The van der Waals surface area contributed by atoms with E-state index in [1.165, 1.54) is 11.1 Å². The molecule has 0 fully saturated rings. The normalized spacial score (nSPS) is 14.6. The van der Waals surface area contributed by atoms with Crippen molar-refractivity contribution in [3.63, 3.8) is 0 Å². The summed E-state index contributed by atoms with van der Waals surface area (Å²) in [5.74, 6) is 1.56. The molecule has 102 valence electrons. The Labute approximate surface area is 115 Å². The SMILES string of the molecule is CC(C)c1ccc(C(C)NC(C)c2ccco2)cc1. The number of hydrogen-bond acceptors (Lipinski definition) is 2. The lowest BCUT2D eigenvalue weighted by molar-refractivity contribution is 0.403. The third-order valence-corrected chi connectivity index (χ3v) is 3.57. The molecule has 0 saturated carbocycles. The molecular weight excluding hydrogens is 234 g/mol. The molecule has 0 radical (unpaired) electrons. The molecule has 0 aliphatic carbocycles. The summed E-state index contributed by atoms with van der Waals surface area (Å²) in [6, 6.07) is 13.3. The highest BCUT2D eigenvalue weighted by molar-refractivity contribution is 5.26. The summed E-state index contributed by atoms with van der Waals surface area (Å²) in [5.41, 5.74) is 2.69. The molecule has 2 nitrogen and oxygen atoms in total. The maximum atomic E-state index is 5.42. The zero-order valence-corrected chi connectivity index (χ0v) is 12.2. The highest BCUT2D eigenvalue weighted by Crippen LogP contribution is 2.21. The first-order chi connectivity index (χ1) is 9.08. The molecule has 2 atom stereocenters. The second-order valence-corrected chi connectivity index (χ2v) is 5.45. The van der Waals surface area contributed by atoms with Crippen LogP contribution in [0.1, 0.15) is 62.6 Å². The summed E-state index contributed by atoms with van der Waals surface area (Å²) in [5, 5.41) is 3.55. The van der Waals surface area contributed by atoms with Gasteiger partial charge in [-0.1, -0.05) is 38.1 Å². The van der Waals surface area contributed by atoms with Crippen molar-refractivity contribution in [3.05, 3.63) is 59.5 Å². The predicted molar refractivity (Wildman–Crippen MR) is 79.2 cm³/mol. The van der Waals surface area contributed by atoms with Gasteiger partial charge in [0.25, 0.3) is 0 Å². The van der Waals surface area contributed by atoms with Gasteiger partial charge in [-0.05, 0) is 43.0 Å². The van der Waals surface area contributed by atoms with Crippen LogP contribution in [0.2, 0.25) is 0 Å². The van der Waals surface area contributed by atoms with Gasteiger partial charge in [0, 0.05) is 6.04 Å². The van der Waals surface area contributed by atoms with Crippen LogP contribution in [0.3, 0.4) is 0 Å². The summed E-state index contributed by atoms with van der Waals surface area (Å²) in [7, 11) is 0. The first-order valence-corrected chi connectivity index (χ1v) is 6.97. The van der Waals surface area contributed by atoms with Gasteiger partial charge in [0.15, 0.2) is 0 Å². The van der Waals surface area contributed by atoms with Gasteiger partial charge in [-0.2, -0.15) is 0 Å². The quantitative estimate of drug-likeness (QED) is 0.831. The van der Waals surface area contributed by atoms with Crippen LogP contribution in [-0.4, -0.2) is 0 Å². The maximum absolute atomic E-state index is 5.42. The Balaban J connectivity index is 2.01. The molecule has 2 aromatic rings. The highest BCUT2D eigenvalue weighted by atomic mass is 16.3. The smallest absolute Gasteiger partial charge is 0.120 e. The topological polar surface area (TPSA) is 25.2 Å². The lowest BCUT2D eigenvalue weighted by Crippen LogP contribution is -2.22. The van der Waals surface area contributed by atoms with Crippen LogP contribution in [0.4, 0.5) is 0 Å². The van der Waals surface area contributed by atoms with Gasteiger partial charge in [-0.3, -0.25) is 0 Å². The van der Waals surface area contributed by atoms with Crippen LogP contribution < -0.4 is 5.32 Å². The monoisotopic (exact) mass is 257 g/mol. The predicted octanol–water partition coefficient (Wildman–Crippen LogP) is 4.81. The van der Waals surface area contributed by atoms with E-state index in [0.29, 0.717) is 12.0 Å². The Hall–Kier alpha value is -1.54. The van der Waals surface area contributed by atoms with E-state index >= 15 is 0 Å². The first-order valence-electron chi connectivity index (χ1n) is 6.97. The molecule has 2 rings (SSSR count). The minimum atomic E-state index is 0.217. The third-order valence-electron chi connectivity index (χ3n) is 3.57. The second-order valence-electron chi connectivity index (χ2n) is 5.45. The van der Waals surface area contributed by atoms with E-state index in [1.54, 1.807) is 6.26 Å². The van der Waals surface area contributed by atoms with Gasteiger partial charge in [0.1, 0.15) is 5.76 Å². The van der Waals surface area contributed by atoms with E-state index in [4.69, 9.17) is 4.42 Å². The van der Waals surface area contributed by atoms with Crippen molar-refractivity contribution in [1.82, 2.24) is 5.32 Å².